The molecule has 0 aromatic rings. The maximum absolute atomic E-state index is 5.33. The highest BCUT2D eigenvalue weighted by Gasteiger charge is 2.19. The van der Waals surface area contributed by atoms with E-state index in [2.05, 4.69) is 17.7 Å². The summed E-state index contributed by atoms with van der Waals surface area (Å²) in [5, 5.41) is 0. The van der Waals surface area contributed by atoms with Gasteiger partial charge < -0.3 is 0 Å². The summed E-state index contributed by atoms with van der Waals surface area (Å²) in [7, 11) is 0. The number of rotatable bonds is 3. The van der Waals surface area contributed by atoms with E-state index in [1.807, 2.05) is 0 Å². The van der Waals surface area contributed by atoms with Crippen LogP contribution < -0.4 is 0 Å². The third kappa shape index (κ3) is 2.53. The SMILES string of the molecule is C#CCN1CCCCC1CCC. The molecule has 0 aromatic heterocycles. The molecule has 0 aromatic carbocycles. The van der Waals surface area contributed by atoms with Crippen molar-refractivity contribution in [3.63, 3.8) is 0 Å². The average Bonchev–Trinajstić information content (AvgIpc) is 2.09. The van der Waals surface area contributed by atoms with Crippen molar-refractivity contribution >= 4 is 0 Å². The van der Waals surface area contributed by atoms with Crippen molar-refractivity contribution in [1.29, 1.82) is 0 Å². The molecule has 12 heavy (non-hydrogen) atoms. The molecule has 1 aliphatic rings. The molecule has 1 rings (SSSR count). The molecule has 0 N–H and O–H groups in total. The second-order valence-electron chi connectivity index (χ2n) is 3.61. The van der Waals surface area contributed by atoms with Gasteiger partial charge in [-0.05, 0) is 25.8 Å². The normalized spacial score (nSPS) is 25.2. The Morgan fingerprint density at radius 3 is 3.00 bits per heavy atom. The van der Waals surface area contributed by atoms with E-state index in [0.717, 1.165) is 12.6 Å². The molecule has 1 nitrogen and oxygen atoms in total. The molecule has 0 spiro atoms. The molecule has 1 aliphatic heterocycles. The van der Waals surface area contributed by atoms with Crippen molar-refractivity contribution in [2.75, 3.05) is 13.1 Å². The lowest BCUT2D eigenvalue weighted by Gasteiger charge is -2.34. The predicted molar refractivity (Wildman–Crippen MR) is 53.0 cm³/mol. The fraction of sp³-hybridized carbons (Fsp3) is 0.818. The fourth-order valence-electron chi connectivity index (χ4n) is 2.05. The van der Waals surface area contributed by atoms with Crippen molar-refractivity contribution in [2.24, 2.45) is 0 Å². The average molecular weight is 165 g/mol. The zero-order chi connectivity index (χ0) is 8.81. The summed E-state index contributed by atoms with van der Waals surface area (Å²) in [6.07, 6.45) is 12.0. The quantitative estimate of drug-likeness (QED) is 0.580. The summed E-state index contributed by atoms with van der Waals surface area (Å²) >= 11 is 0. The molecular weight excluding hydrogens is 146 g/mol. The Bertz CT molecular complexity index is 155. The smallest absolute Gasteiger partial charge is 0.0601 e. The Kier molecular flexibility index (Phi) is 4.18. The van der Waals surface area contributed by atoms with Gasteiger partial charge in [0.1, 0.15) is 0 Å². The minimum Gasteiger partial charge on any atom is -0.289 e. The van der Waals surface area contributed by atoms with Gasteiger partial charge in [-0.1, -0.05) is 25.7 Å². The summed E-state index contributed by atoms with van der Waals surface area (Å²) < 4.78 is 0. The van der Waals surface area contributed by atoms with E-state index in [1.54, 1.807) is 0 Å². The minimum atomic E-state index is 0.778. The van der Waals surface area contributed by atoms with Gasteiger partial charge in [-0.2, -0.15) is 0 Å². The van der Waals surface area contributed by atoms with Gasteiger partial charge in [0.25, 0.3) is 0 Å². The Labute approximate surface area is 76.1 Å². The molecule has 1 heteroatoms. The molecule has 1 unspecified atom stereocenters. The molecule has 1 saturated heterocycles. The first-order chi connectivity index (χ1) is 5.88. The summed E-state index contributed by atoms with van der Waals surface area (Å²) in [5.74, 6) is 2.75. The van der Waals surface area contributed by atoms with E-state index >= 15 is 0 Å². The van der Waals surface area contributed by atoms with Gasteiger partial charge in [0.2, 0.25) is 0 Å². The van der Waals surface area contributed by atoms with Gasteiger partial charge in [-0.3, -0.25) is 4.90 Å². The lowest BCUT2D eigenvalue weighted by molar-refractivity contribution is 0.158. The molecule has 1 fully saturated rings. The van der Waals surface area contributed by atoms with E-state index in [-0.39, 0.29) is 0 Å². The largest absolute Gasteiger partial charge is 0.289 e. The van der Waals surface area contributed by atoms with E-state index in [4.69, 9.17) is 6.42 Å². The highest BCUT2D eigenvalue weighted by Crippen LogP contribution is 2.19. The lowest BCUT2D eigenvalue weighted by atomic mass is 9.98. The van der Waals surface area contributed by atoms with Gasteiger partial charge in [0.05, 0.1) is 6.54 Å². The molecule has 0 aliphatic carbocycles. The van der Waals surface area contributed by atoms with E-state index < -0.39 is 0 Å². The maximum atomic E-state index is 5.33. The van der Waals surface area contributed by atoms with Gasteiger partial charge in [-0.15, -0.1) is 6.42 Å². The molecule has 0 radical (unpaired) electrons. The van der Waals surface area contributed by atoms with Crippen molar-refractivity contribution in [3.8, 4) is 12.3 Å². The summed E-state index contributed by atoms with van der Waals surface area (Å²) in [4.78, 5) is 2.47. The molecule has 1 atom stereocenters. The van der Waals surface area contributed by atoms with Crippen LogP contribution in [0.5, 0.6) is 0 Å². The standard InChI is InChI=1S/C11H19N/c1-3-7-11-8-5-6-10-12(11)9-4-2/h2,11H,3,5-10H2,1H3. The first-order valence-corrected chi connectivity index (χ1v) is 5.06. The fourth-order valence-corrected chi connectivity index (χ4v) is 2.05. The zero-order valence-corrected chi connectivity index (χ0v) is 8.05. The summed E-state index contributed by atoms with van der Waals surface area (Å²) in [6.45, 7) is 4.32. The monoisotopic (exact) mass is 165 g/mol. The molecule has 1 heterocycles. The van der Waals surface area contributed by atoms with Crippen LogP contribution in [0.4, 0.5) is 0 Å². The Balaban J connectivity index is 2.38. The van der Waals surface area contributed by atoms with Crippen LogP contribution >= 0.6 is 0 Å². The Hall–Kier alpha value is -0.480. The lowest BCUT2D eigenvalue weighted by Crippen LogP contribution is -2.39. The van der Waals surface area contributed by atoms with Crippen LogP contribution in [0.25, 0.3) is 0 Å². The highest BCUT2D eigenvalue weighted by molar-refractivity contribution is 4.91. The number of likely N-dealkylation sites (tertiary alicyclic amines) is 1. The third-order valence-electron chi connectivity index (χ3n) is 2.67. The van der Waals surface area contributed by atoms with Crippen molar-refractivity contribution < 1.29 is 0 Å². The van der Waals surface area contributed by atoms with E-state index in [0.29, 0.717) is 0 Å². The second-order valence-corrected chi connectivity index (χ2v) is 3.61. The van der Waals surface area contributed by atoms with Crippen molar-refractivity contribution in [1.82, 2.24) is 4.90 Å². The van der Waals surface area contributed by atoms with Crippen molar-refractivity contribution in [3.05, 3.63) is 0 Å². The summed E-state index contributed by atoms with van der Waals surface area (Å²) in [5.41, 5.74) is 0. The minimum absolute atomic E-state index is 0.778. The maximum Gasteiger partial charge on any atom is 0.0601 e. The first-order valence-electron chi connectivity index (χ1n) is 5.06. The van der Waals surface area contributed by atoms with Crippen LogP contribution in [0.2, 0.25) is 0 Å². The zero-order valence-electron chi connectivity index (χ0n) is 8.05. The molecule has 68 valence electrons. The van der Waals surface area contributed by atoms with Gasteiger partial charge in [0, 0.05) is 6.04 Å². The summed E-state index contributed by atoms with van der Waals surface area (Å²) in [6, 6.07) is 0.778. The first kappa shape index (κ1) is 9.61. The Morgan fingerprint density at radius 1 is 1.50 bits per heavy atom. The Morgan fingerprint density at radius 2 is 2.33 bits per heavy atom. The van der Waals surface area contributed by atoms with Gasteiger partial charge in [-0.25, -0.2) is 0 Å². The topological polar surface area (TPSA) is 3.24 Å². The van der Waals surface area contributed by atoms with E-state index in [9.17, 15) is 0 Å². The molecular formula is C11H19N. The number of nitrogens with zero attached hydrogens (tertiary/aromatic N) is 1. The third-order valence-corrected chi connectivity index (χ3v) is 2.67. The van der Waals surface area contributed by atoms with Crippen LogP contribution in [-0.2, 0) is 0 Å². The van der Waals surface area contributed by atoms with Crippen LogP contribution in [0.1, 0.15) is 39.0 Å². The predicted octanol–water partition coefficient (Wildman–Crippen LogP) is 2.27. The second kappa shape index (κ2) is 5.22. The van der Waals surface area contributed by atoms with Gasteiger partial charge >= 0.3 is 0 Å². The molecule has 0 bridgehead atoms. The van der Waals surface area contributed by atoms with Crippen molar-refractivity contribution in [2.45, 2.75) is 45.1 Å². The molecule has 0 amide bonds. The van der Waals surface area contributed by atoms with Crippen LogP contribution in [0.3, 0.4) is 0 Å². The molecule has 0 saturated carbocycles. The van der Waals surface area contributed by atoms with Crippen LogP contribution in [0, 0.1) is 12.3 Å². The van der Waals surface area contributed by atoms with Crippen LogP contribution in [0.15, 0.2) is 0 Å². The number of hydrogen-bond acceptors (Lipinski definition) is 1. The van der Waals surface area contributed by atoms with Crippen LogP contribution in [-0.4, -0.2) is 24.0 Å². The van der Waals surface area contributed by atoms with E-state index in [1.165, 1.54) is 38.6 Å². The number of terminal acetylenes is 1. The number of piperidine rings is 1. The highest BCUT2D eigenvalue weighted by atomic mass is 15.2. The van der Waals surface area contributed by atoms with Gasteiger partial charge in [0.15, 0.2) is 0 Å². The number of hydrogen-bond donors (Lipinski definition) is 0.